The Hall–Kier alpha value is -3.31. The Balaban J connectivity index is 1.37. The average Bonchev–Trinajstić information content (AvgIpc) is 3.12. The summed E-state index contributed by atoms with van der Waals surface area (Å²) in [4.78, 5) is 24.0. The lowest BCUT2D eigenvalue weighted by atomic mass is 10.1. The number of nitrogens with zero attached hydrogens (tertiary/aromatic N) is 3. The number of ether oxygens (including phenoxy) is 3. The van der Waals surface area contributed by atoms with Crippen LogP contribution in [-0.4, -0.2) is 72.9 Å². The zero-order valence-corrected chi connectivity index (χ0v) is 21.7. The Morgan fingerprint density at radius 1 is 1.21 bits per heavy atom. The van der Waals surface area contributed by atoms with E-state index in [1.165, 1.54) is 18.5 Å². The number of carbonyl (C=O) groups excluding carboxylic acids is 1. The molecule has 3 heterocycles. The van der Waals surface area contributed by atoms with Crippen molar-refractivity contribution < 1.29 is 23.4 Å². The molecule has 9 nitrogen and oxygen atoms in total. The van der Waals surface area contributed by atoms with E-state index in [0.717, 1.165) is 26.1 Å². The number of nitrogens with one attached hydrogen (secondary N) is 2. The second-order valence-electron chi connectivity index (χ2n) is 9.19. The lowest BCUT2D eigenvalue weighted by Crippen LogP contribution is -2.45. The maximum atomic E-state index is 13.6. The van der Waals surface area contributed by atoms with Gasteiger partial charge in [0, 0.05) is 49.0 Å². The topological polar surface area (TPSA) is 97.8 Å². The van der Waals surface area contributed by atoms with E-state index in [9.17, 15) is 9.18 Å². The van der Waals surface area contributed by atoms with Gasteiger partial charge in [0.15, 0.2) is 0 Å². The number of fused-ring (bicyclic) bond motifs is 3. The number of morpholine rings is 1. The van der Waals surface area contributed by atoms with Crippen LogP contribution in [0.25, 0.3) is 10.9 Å². The summed E-state index contributed by atoms with van der Waals surface area (Å²) >= 11 is 5.93. The van der Waals surface area contributed by atoms with Crippen LogP contribution < -0.4 is 15.4 Å². The van der Waals surface area contributed by atoms with Gasteiger partial charge in [-0.25, -0.2) is 14.4 Å². The van der Waals surface area contributed by atoms with Crippen molar-refractivity contribution in [2.75, 3.05) is 50.7 Å². The van der Waals surface area contributed by atoms with E-state index >= 15 is 0 Å². The summed E-state index contributed by atoms with van der Waals surface area (Å²) in [7, 11) is 1.59. The van der Waals surface area contributed by atoms with Crippen molar-refractivity contribution in [1.82, 2.24) is 14.9 Å². The van der Waals surface area contributed by atoms with E-state index < -0.39 is 5.82 Å². The molecule has 0 saturated carbocycles. The van der Waals surface area contributed by atoms with Crippen LogP contribution in [0.5, 0.6) is 5.75 Å². The van der Waals surface area contributed by atoms with E-state index in [1.807, 2.05) is 6.08 Å². The number of benzene rings is 2. The Kier molecular flexibility index (Phi) is 8.33. The number of halogens is 2. The molecular formula is C27H29ClFN5O4. The standard InChI is InChI=1S/C27H29ClFN5O4/c1-36-9-10-38-25-13-23-20(27(31-16-30-23)32-17-4-7-22(29)21(28)11-17)12-24(25)33-26(35)3-2-8-34-18-5-6-19(34)15-37-14-18/h2-4,7,11-13,16,18-19H,5-6,8-10,14-15H2,1H3,(H,33,35)(H,30,31,32)/b3-2+. The van der Waals surface area contributed by atoms with E-state index in [1.54, 1.807) is 31.4 Å². The van der Waals surface area contributed by atoms with Crippen LogP contribution in [0, 0.1) is 5.82 Å². The fourth-order valence-corrected chi connectivity index (χ4v) is 4.99. The highest BCUT2D eigenvalue weighted by Gasteiger charge is 2.36. The molecule has 2 aliphatic heterocycles. The summed E-state index contributed by atoms with van der Waals surface area (Å²) in [5, 5.41) is 6.70. The normalized spacial score (nSPS) is 19.2. The molecule has 0 spiro atoms. The smallest absolute Gasteiger partial charge is 0.248 e. The molecule has 3 aromatic rings. The number of anilines is 3. The van der Waals surface area contributed by atoms with Crippen molar-refractivity contribution in [1.29, 1.82) is 0 Å². The fraction of sp³-hybridized carbons (Fsp3) is 0.370. The van der Waals surface area contributed by atoms with Gasteiger partial charge in [-0.3, -0.25) is 9.69 Å². The first-order valence-electron chi connectivity index (χ1n) is 12.5. The number of carbonyl (C=O) groups is 1. The number of amides is 1. The molecule has 2 unspecified atom stereocenters. The van der Waals surface area contributed by atoms with Crippen LogP contribution in [0.1, 0.15) is 12.8 Å². The molecule has 2 aromatic carbocycles. The summed E-state index contributed by atoms with van der Waals surface area (Å²) in [6, 6.07) is 8.64. The van der Waals surface area contributed by atoms with E-state index in [-0.39, 0.29) is 10.9 Å². The number of hydrogen-bond donors (Lipinski definition) is 2. The highest BCUT2D eigenvalue weighted by molar-refractivity contribution is 6.31. The maximum Gasteiger partial charge on any atom is 0.248 e. The third-order valence-corrected chi connectivity index (χ3v) is 6.99. The first kappa shape index (κ1) is 26.3. The van der Waals surface area contributed by atoms with E-state index in [2.05, 4.69) is 25.5 Å². The molecule has 0 radical (unpaired) electrons. The highest BCUT2D eigenvalue weighted by atomic mass is 35.5. The quantitative estimate of drug-likeness (QED) is 0.285. The maximum absolute atomic E-state index is 13.6. The predicted octanol–water partition coefficient (Wildman–Crippen LogP) is 4.55. The number of rotatable bonds is 10. The van der Waals surface area contributed by atoms with Gasteiger partial charge < -0.3 is 24.8 Å². The van der Waals surface area contributed by atoms with Crippen molar-refractivity contribution in [2.45, 2.75) is 24.9 Å². The minimum absolute atomic E-state index is 0.00739. The molecule has 5 rings (SSSR count). The van der Waals surface area contributed by atoms with Crippen LogP contribution in [0.15, 0.2) is 48.8 Å². The Morgan fingerprint density at radius 2 is 2.03 bits per heavy atom. The van der Waals surface area contributed by atoms with Crippen molar-refractivity contribution in [3.8, 4) is 5.75 Å². The largest absolute Gasteiger partial charge is 0.489 e. The molecule has 2 N–H and O–H groups in total. The zero-order valence-electron chi connectivity index (χ0n) is 21.0. The zero-order chi connectivity index (χ0) is 26.5. The lowest BCUT2D eigenvalue weighted by Gasteiger charge is -2.33. The molecule has 38 heavy (non-hydrogen) atoms. The predicted molar refractivity (Wildman–Crippen MR) is 144 cm³/mol. The highest BCUT2D eigenvalue weighted by Crippen LogP contribution is 2.34. The van der Waals surface area contributed by atoms with Crippen molar-refractivity contribution >= 4 is 45.6 Å². The molecule has 2 bridgehead atoms. The third kappa shape index (κ3) is 6.05. The van der Waals surface area contributed by atoms with Gasteiger partial charge in [0.25, 0.3) is 0 Å². The number of aromatic nitrogens is 2. The molecule has 2 saturated heterocycles. The molecule has 2 aliphatic rings. The molecule has 0 aliphatic carbocycles. The van der Waals surface area contributed by atoms with Crippen LogP contribution in [0.3, 0.4) is 0 Å². The molecule has 200 valence electrons. The van der Waals surface area contributed by atoms with Gasteiger partial charge in [-0.15, -0.1) is 0 Å². The first-order valence-corrected chi connectivity index (χ1v) is 12.8. The Morgan fingerprint density at radius 3 is 2.79 bits per heavy atom. The van der Waals surface area contributed by atoms with E-state index in [4.69, 9.17) is 25.8 Å². The van der Waals surface area contributed by atoms with Gasteiger partial charge in [-0.1, -0.05) is 17.7 Å². The molecule has 2 fully saturated rings. The fourth-order valence-electron chi connectivity index (χ4n) is 4.81. The van der Waals surface area contributed by atoms with Crippen LogP contribution >= 0.6 is 11.6 Å². The number of hydrogen-bond acceptors (Lipinski definition) is 8. The lowest BCUT2D eigenvalue weighted by molar-refractivity contribution is -0.112. The molecule has 11 heteroatoms. The second kappa shape index (κ2) is 12.0. The Labute approximate surface area is 224 Å². The summed E-state index contributed by atoms with van der Waals surface area (Å²) in [6.07, 6.45) is 7.10. The van der Waals surface area contributed by atoms with Gasteiger partial charge in [-0.05, 0) is 37.1 Å². The van der Waals surface area contributed by atoms with Crippen molar-refractivity contribution in [3.05, 3.63) is 59.7 Å². The minimum atomic E-state index is -0.512. The summed E-state index contributed by atoms with van der Waals surface area (Å²) in [5.41, 5.74) is 1.62. The Bertz CT molecular complexity index is 1320. The van der Waals surface area contributed by atoms with Gasteiger partial charge in [0.2, 0.25) is 5.91 Å². The first-order chi connectivity index (χ1) is 18.5. The summed E-state index contributed by atoms with van der Waals surface area (Å²) < 4.78 is 30.2. The summed E-state index contributed by atoms with van der Waals surface area (Å²) in [5.74, 6) is 0.132. The molecule has 1 amide bonds. The summed E-state index contributed by atoms with van der Waals surface area (Å²) in [6.45, 7) is 2.87. The molecular weight excluding hydrogens is 513 g/mol. The third-order valence-electron chi connectivity index (χ3n) is 6.70. The van der Waals surface area contributed by atoms with Gasteiger partial charge in [0.05, 0.1) is 36.0 Å². The average molecular weight is 542 g/mol. The van der Waals surface area contributed by atoms with Crippen LogP contribution in [0.4, 0.5) is 21.6 Å². The van der Waals surface area contributed by atoms with Gasteiger partial charge in [0.1, 0.15) is 30.3 Å². The van der Waals surface area contributed by atoms with Gasteiger partial charge >= 0.3 is 0 Å². The van der Waals surface area contributed by atoms with Crippen molar-refractivity contribution in [3.63, 3.8) is 0 Å². The van der Waals surface area contributed by atoms with Crippen LogP contribution in [-0.2, 0) is 14.3 Å². The minimum Gasteiger partial charge on any atom is -0.489 e. The molecule has 1 aromatic heterocycles. The van der Waals surface area contributed by atoms with Crippen molar-refractivity contribution in [2.24, 2.45) is 0 Å². The van der Waals surface area contributed by atoms with E-state index in [0.29, 0.717) is 65.7 Å². The van der Waals surface area contributed by atoms with Crippen LogP contribution in [0.2, 0.25) is 5.02 Å². The van der Waals surface area contributed by atoms with Gasteiger partial charge in [-0.2, -0.15) is 0 Å². The second-order valence-corrected chi connectivity index (χ2v) is 9.60. The SMILES string of the molecule is COCCOc1cc2ncnc(Nc3ccc(F)c(Cl)c3)c2cc1NC(=O)/C=C/CN1C2CCC1COC2. The number of methoxy groups -OCH3 is 1. The molecule has 2 atom stereocenters. The monoisotopic (exact) mass is 541 g/mol.